The molecule has 0 aliphatic carbocycles. The monoisotopic (exact) mass is 193 g/mol. The third-order valence-corrected chi connectivity index (χ3v) is 2.08. The molecule has 0 saturated heterocycles. The van der Waals surface area contributed by atoms with Crippen LogP contribution in [0.3, 0.4) is 0 Å². The Bertz CT molecular complexity index is 270. The maximum absolute atomic E-state index is 5.28. The number of benzene rings is 1. The first-order valence-electron chi connectivity index (χ1n) is 4.80. The van der Waals surface area contributed by atoms with Gasteiger partial charge in [-0.3, -0.25) is 0 Å². The lowest BCUT2D eigenvalue weighted by Gasteiger charge is -2.14. The third-order valence-electron chi connectivity index (χ3n) is 2.08. The van der Waals surface area contributed by atoms with E-state index in [0.717, 1.165) is 23.5 Å². The molecule has 0 fully saturated rings. The van der Waals surface area contributed by atoms with Crippen molar-refractivity contribution in [2.75, 3.05) is 14.2 Å². The van der Waals surface area contributed by atoms with E-state index in [0.29, 0.717) is 5.92 Å². The minimum absolute atomic E-state index is 0.584. The van der Waals surface area contributed by atoms with Crippen LogP contribution in [0.25, 0.3) is 0 Å². The molecule has 0 aromatic heterocycles. The van der Waals surface area contributed by atoms with E-state index >= 15 is 0 Å². The summed E-state index contributed by atoms with van der Waals surface area (Å²) in [5.41, 5.74) is 1.13. The van der Waals surface area contributed by atoms with Crippen molar-refractivity contribution in [3.63, 3.8) is 0 Å². The molecular weight excluding hydrogens is 176 g/mol. The molecule has 1 radical (unpaired) electrons. The molecule has 0 aliphatic heterocycles. The molecule has 1 aromatic carbocycles. The summed E-state index contributed by atoms with van der Waals surface area (Å²) in [6, 6.07) is 6.69. The van der Waals surface area contributed by atoms with Gasteiger partial charge in [-0.15, -0.1) is 0 Å². The summed E-state index contributed by atoms with van der Waals surface area (Å²) in [7, 11) is 3.35. The zero-order valence-electron chi connectivity index (χ0n) is 9.26. The zero-order valence-corrected chi connectivity index (χ0v) is 9.26. The number of hydrogen-bond donors (Lipinski definition) is 0. The van der Waals surface area contributed by atoms with Crippen molar-refractivity contribution in [2.24, 2.45) is 5.92 Å². The minimum Gasteiger partial charge on any atom is -0.496 e. The van der Waals surface area contributed by atoms with Crippen LogP contribution in [0.2, 0.25) is 0 Å². The van der Waals surface area contributed by atoms with Crippen LogP contribution in [-0.4, -0.2) is 14.2 Å². The Morgan fingerprint density at radius 1 is 1.14 bits per heavy atom. The highest BCUT2D eigenvalue weighted by Crippen LogP contribution is 2.29. The van der Waals surface area contributed by atoms with Gasteiger partial charge in [0.15, 0.2) is 0 Å². The summed E-state index contributed by atoms with van der Waals surface area (Å²) in [6.45, 7) is 4.35. The Kier molecular flexibility index (Phi) is 3.81. The second-order valence-corrected chi connectivity index (χ2v) is 3.67. The van der Waals surface area contributed by atoms with Crippen LogP contribution in [0.5, 0.6) is 11.5 Å². The highest BCUT2D eigenvalue weighted by atomic mass is 16.5. The molecule has 2 nitrogen and oxygen atoms in total. The van der Waals surface area contributed by atoms with Crippen LogP contribution in [0.1, 0.15) is 19.4 Å². The lowest BCUT2D eigenvalue weighted by molar-refractivity contribution is 0.381. The molecule has 0 unspecified atom stereocenters. The molecule has 0 heterocycles. The average Bonchev–Trinajstić information content (AvgIpc) is 2.17. The van der Waals surface area contributed by atoms with Crippen molar-refractivity contribution in [3.8, 4) is 11.5 Å². The van der Waals surface area contributed by atoms with Crippen molar-refractivity contribution in [1.29, 1.82) is 0 Å². The van der Waals surface area contributed by atoms with Gasteiger partial charge >= 0.3 is 0 Å². The third kappa shape index (κ3) is 2.41. The van der Waals surface area contributed by atoms with E-state index in [1.165, 1.54) is 0 Å². The van der Waals surface area contributed by atoms with E-state index in [1.807, 2.05) is 12.1 Å². The minimum atomic E-state index is 0.584. The van der Waals surface area contributed by atoms with Gasteiger partial charge < -0.3 is 9.47 Å². The molecule has 0 bridgehead atoms. The van der Waals surface area contributed by atoms with Gasteiger partial charge in [0.2, 0.25) is 0 Å². The van der Waals surface area contributed by atoms with Gasteiger partial charge in [-0.25, -0.2) is 0 Å². The second-order valence-electron chi connectivity index (χ2n) is 3.67. The molecule has 0 spiro atoms. The summed E-state index contributed by atoms with van der Waals surface area (Å²) in [5.74, 6) is 2.30. The van der Waals surface area contributed by atoms with Crippen LogP contribution in [0.4, 0.5) is 0 Å². The lowest BCUT2D eigenvalue weighted by atomic mass is 10.0. The first-order valence-corrected chi connectivity index (χ1v) is 4.80. The Balaban J connectivity index is 3.05. The molecule has 0 atom stereocenters. The Hall–Kier alpha value is -1.18. The SMILES string of the molecule is COc1c[c]cc(OC)c1CC(C)C. The Morgan fingerprint density at radius 2 is 1.64 bits per heavy atom. The standard InChI is InChI=1S/C12H17O2/c1-9(2)8-10-11(13-3)6-5-7-12(10)14-4/h6-7,9H,8H2,1-4H3. The van der Waals surface area contributed by atoms with Gasteiger partial charge in [-0.05, 0) is 30.5 Å². The second kappa shape index (κ2) is 4.89. The summed E-state index contributed by atoms with van der Waals surface area (Å²) in [5, 5.41) is 0. The van der Waals surface area contributed by atoms with Gasteiger partial charge in [0.1, 0.15) is 11.5 Å². The topological polar surface area (TPSA) is 18.5 Å². The fourth-order valence-corrected chi connectivity index (χ4v) is 1.46. The normalized spacial score (nSPS) is 10.4. The molecule has 1 rings (SSSR count). The van der Waals surface area contributed by atoms with Gasteiger partial charge in [-0.2, -0.15) is 0 Å². The van der Waals surface area contributed by atoms with E-state index < -0.39 is 0 Å². The quantitative estimate of drug-likeness (QED) is 0.732. The molecule has 0 amide bonds. The van der Waals surface area contributed by atoms with Gasteiger partial charge in [0, 0.05) is 5.56 Å². The molecule has 14 heavy (non-hydrogen) atoms. The highest BCUT2D eigenvalue weighted by molar-refractivity contribution is 5.44. The van der Waals surface area contributed by atoms with Gasteiger partial charge in [0.25, 0.3) is 0 Å². The maximum Gasteiger partial charge on any atom is 0.126 e. The van der Waals surface area contributed by atoms with E-state index in [2.05, 4.69) is 19.9 Å². The van der Waals surface area contributed by atoms with Crippen molar-refractivity contribution in [2.45, 2.75) is 20.3 Å². The number of ether oxygens (including phenoxy) is 2. The van der Waals surface area contributed by atoms with Gasteiger partial charge in [0.05, 0.1) is 14.2 Å². The number of methoxy groups -OCH3 is 2. The van der Waals surface area contributed by atoms with Crippen LogP contribution >= 0.6 is 0 Å². The smallest absolute Gasteiger partial charge is 0.126 e. The summed E-state index contributed by atoms with van der Waals surface area (Å²) in [6.07, 6.45) is 0.959. The van der Waals surface area contributed by atoms with Crippen LogP contribution in [0.15, 0.2) is 12.1 Å². The fourth-order valence-electron chi connectivity index (χ4n) is 1.46. The van der Waals surface area contributed by atoms with Crippen molar-refractivity contribution < 1.29 is 9.47 Å². The number of rotatable bonds is 4. The largest absolute Gasteiger partial charge is 0.496 e. The molecule has 77 valence electrons. The van der Waals surface area contributed by atoms with Crippen LogP contribution in [-0.2, 0) is 6.42 Å². The summed E-state index contributed by atoms with van der Waals surface area (Å²) < 4.78 is 10.6. The Morgan fingerprint density at radius 3 is 2.00 bits per heavy atom. The Labute approximate surface area is 85.8 Å². The molecular formula is C12H17O2. The molecule has 0 N–H and O–H groups in total. The summed E-state index contributed by atoms with van der Waals surface area (Å²) in [4.78, 5) is 0. The highest BCUT2D eigenvalue weighted by Gasteiger charge is 2.10. The molecule has 2 heteroatoms. The van der Waals surface area contributed by atoms with Gasteiger partial charge in [-0.1, -0.05) is 13.8 Å². The van der Waals surface area contributed by atoms with Crippen molar-refractivity contribution in [1.82, 2.24) is 0 Å². The molecule has 0 saturated carbocycles. The molecule has 0 aliphatic rings. The van der Waals surface area contributed by atoms with E-state index in [4.69, 9.17) is 9.47 Å². The molecule has 1 aromatic rings. The summed E-state index contributed by atoms with van der Waals surface area (Å²) >= 11 is 0. The lowest BCUT2D eigenvalue weighted by Crippen LogP contribution is -2.00. The van der Waals surface area contributed by atoms with Crippen molar-refractivity contribution >= 4 is 0 Å². The maximum atomic E-state index is 5.28. The predicted molar refractivity (Wildman–Crippen MR) is 56.9 cm³/mol. The van der Waals surface area contributed by atoms with Crippen LogP contribution in [0, 0.1) is 12.0 Å². The van der Waals surface area contributed by atoms with Crippen LogP contribution < -0.4 is 9.47 Å². The van der Waals surface area contributed by atoms with E-state index in [-0.39, 0.29) is 0 Å². The zero-order chi connectivity index (χ0) is 10.6. The van der Waals surface area contributed by atoms with E-state index in [1.54, 1.807) is 14.2 Å². The average molecular weight is 193 g/mol. The van der Waals surface area contributed by atoms with Crippen molar-refractivity contribution in [3.05, 3.63) is 23.8 Å². The first kappa shape index (κ1) is 10.9. The first-order chi connectivity index (χ1) is 6.69. The fraction of sp³-hybridized carbons (Fsp3) is 0.500. The predicted octanol–water partition coefficient (Wildman–Crippen LogP) is 2.70. The van der Waals surface area contributed by atoms with E-state index in [9.17, 15) is 0 Å². The number of hydrogen-bond acceptors (Lipinski definition) is 2.